The summed E-state index contributed by atoms with van der Waals surface area (Å²) in [5.74, 6) is 1.31. The fourth-order valence-corrected chi connectivity index (χ4v) is 4.98. The van der Waals surface area contributed by atoms with Crippen molar-refractivity contribution in [2.45, 2.75) is 56.8 Å². The smallest absolute Gasteiger partial charge is 0.417 e. The Labute approximate surface area is 200 Å². The van der Waals surface area contributed by atoms with Crippen LogP contribution in [0.4, 0.5) is 10.5 Å². The van der Waals surface area contributed by atoms with E-state index < -0.39 is 16.5 Å². The predicted octanol–water partition coefficient (Wildman–Crippen LogP) is 5.29. The SMILES string of the molecule is COS(=O)(=O)[O-].Cc1cc(OC(=O)Nc2ccc(C3CCCCC3)cc2)c(C)c([S+](C)C)c1. The van der Waals surface area contributed by atoms with E-state index in [0.717, 1.165) is 23.9 Å². The van der Waals surface area contributed by atoms with E-state index in [0.29, 0.717) is 11.7 Å². The first-order valence-electron chi connectivity index (χ1n) is 10.8. The number of nitrogens with one attached hydrogen (secondary N) is 1. The van der Waals surface area contributed by atoms with Crippen molar-refractivity contribution in [3.63, 3.8) is 0 Å². The molecular weight excluding hydrogens is 462 g/mol. The van der Waals surface area contributed by atoms with Crippen LogP contribution in [0.2, 0.25) is 0 Å². The van der Waals surface area contributed by atoms with Gasteiger partial charge in [0.15, 0.2) is 4.90 Å². The van der Waals surface area contributed by atoms with Gasteiger partial charge in [-0.15, -0.1) is 0 Å². The fourth-order valence-electron chi connectivity index (χ4n) is 3.84. The maximum Gasteiger partial charge on any atom is 0.417 e. The van der Waals surface area contributed by atoms with Gasteiger partial charge in [-0.3, -0.25) is 9.50 Å². The highest BCUT2D eigenvalue weighted by Gasteiger charge is 2.19. The molecule has 1 aliphatic carbocycles. The molecule has 1 fully saturated rings. The van der Waals surface area contributed by atoms with Gasteiger partial charge in [0.25, 0.3) is 0 Å². The van der Waals surface area contributed by atoms with Crippen LogP contribution in [0.5, 0.6) is 5.75 Å². The van der Waals surface area contributed by atoms with Crippen molar-refractivity contribution in [3.8, 4) is 5.75 Å². The van der Waals surface area contributed by atoms with Gasteiger partial charge in [-0.05, 0) is 68.0 Å². The summed E-state index contributed by atoms with van der Waals surface area (Å²) in [5, 5.41) is 2.86. The van der Waals surface area contributed by atoms with Crippen LogP contribution in [0, 0.1) is 13.8 Å². The number of benzene rings is 2. The molecule has 0 aliphatic heterocycles. The molecule has 2 aromatic rings. The summed E-state index contributed by atoms with van der Waals surface area (Å²) in [6, 6.07) is 12.3. The Morgan fingerprint density at radius 1 is 1.06 bits per heavy atom. The average Bonchev–Trinajstić information content (AvgIpc) is 2.77. The van der Waals surface area contributed by atoms with Crippen molar-refractivity contribution in [1.29, 1.82) is 0 Å². The Kier molecular flexibility index (Phi) is 10.2. The Morgan fingerprint density at radius 3 is 2.15 bits per heavy atom. The predicted molar refractivity (Wildman–Crippen MR) is 132 cm³/mol. The number of hydrogen-bond donors (Lipinski definition) is 1. The van der Waals surface area contributed by atoms with Crippen LogP contribution in [0.1, 0.15) is 54.7 Å². The van der Waals surface area contributed by atoms with Crippen LogP contribution in [0.15, 0.2) is 41.3 Å². The van der Waals surface area contributed by atoms with Gasteiger partial charge >= 0.3 is 6.09 Å². The number of ether oxygens (including phenoxy) is 1. The maximum atomic E-state index is 12.4. The number of carbonyl (C=O) groups is 1. The number of amides is 1. The molecular formula is C24H33NO6S2. The number of hydrogen-bond acceptors (Lipinski definition) is 6. The van der Waals surface area contributed by atoms with Crippen LogP contribution in [-0.4, -0.2) is 38.7 Å². The first kappa shape index (κ1) is 27.2. The normalized spacial score (nSPS) is 14.4. The lowest BCUT2D eigenvalue weighted by molar-refractivity contribution is 0.214. The summed E-state index contributed by atoms with van der Waals surface area (Å²) in [6.07, 6.45) is 10.5. The highest BCUT2D eigenvalue weighted by molar-refractivity contribution is 7.95. The van der Waals surface area contributed by atoms with E-state index in [1.54, 1.807) is 0 Å². The molecule has 7 nitrogen and oxygen atoms in total. The van der Waals surface area contributed by atoms with E-state index >= 15 is 0 Å². The molecule has 1 aliphatic rings. The molecule has 1 N–H and O–H groups in total. The molecule has 1 amide bonds. The van der Waals surface area contributed by atoms with E-state index in [-0.39, 0.29) is 10.9 Å². The van der Waals surface area contributed by atoms with Crippen LogP contribution in [-0.2, 0) is 25.5 Å². The highest BCUT2D eigenvalue weighted by atomic mass is 32.3. The van der Waals surface area contributed by atoms with Gasteiger partial charge < -0.3 is 9.29 Å². The summed E-state index contributed by atoms with van der Waals surface area (Å²) < 4.78 is 36.6. The van der Waals surface area contributed by atoms with Crippen molar-refractivity contribution in [1.82, 2.24) is 0 Å². The van der Waals surface area contributed by atoms with Crippen molar-refractivity contribution in [2.75, 3.05) is 24.9 Å². The molecule has 2 aromatic carbocycles. The highest BCUT2D eigenvalue weighted by Crippen LogP contribution is 2.33. The van der Waals surface area contributed by atoms with E-state index in [1.165, 1.54) is 42.6 Å². The van der Waals surface area contributed by atoms with Gasteiger partial charge in [0.1, 0.15) is 18.3 Å². The molecule has 3 rings (SSSR count). The zero-order chi connectivity index (χ0) is 24.6. The molecule has 1 saturated carbocycles. The lowest BCUT2D eigenvalue weighted by Gasteiger charge is -2.22. The lowest BCUT2D eigenvalue weighted by atomic mass is 9.84. The van der Waals surface area contributed by atoms with Gasteiger partial charge in [0.05, 0.1) is 7.11 Å². The topological polar surface area (TPSA) is 105 Å². The summed E-state index contributed by atoms with van der Waals surface area (Å²) in [6.45, 7) is 4.05. The molecule has 182 valence electrons. The van der Waals surface area contributed by atoms with Crippen LogP contribution >= 0.6 is 0 Å². The third kappa shape index (κ3) is 9.00. The quantitative estimate of drug-likeness (QED) is 0.343. The van der Waals surface area contributed by atoms with Crippen LogP contribution in [0.3, 0.4) is 0 Å². The van der Waals surface area contributed by atoms with Gasteiger partial charge in [-0.25, -0.2) is 13.2 Å². The zero-order valence-corrected chi connectivity index (χ0v) is 21.5. The fraction of sp³-hybridized carbons (Fsp3) is 0.458. The summed E-state index contributed by atoms with van der Waals surface area (Å²) in [5.41, 5.74) is 4.30. The van der Waals surface area contributed by atoms with Crippen molar-refractivity contribution in [2.24, 2.45) is 0 Å². The van der Waals surface area contributed by atoms with Crippen molar-refractivity contribution >= 4 is 33.1 Å². The lowest BCUT2D eigenvalue weighted by Crippen LogP contribution is -2.18. The second-order valence-electron chi connectivity index (χ2n) is 8.25. The third-order valence-corrected chi connectivity index (χ3v) is 7.25. The standard InChI is InChI=1S/C23H29NO2S.CH4O4S/c1-16-14-21(17(2)22(15-16)27(3)4)26-23(25)24-20-12-10-19(11-13-20)18-8-6-5-7-9-18;1-5-6(2,3)4/h10-15,18H,5-9H2,1-4H3;1H3,(H,2,3,4). The molecule has 0 aromatic heterocycles. The molecule has 0 saturated heterocycles. The molecule has 0 unspecified atom stereocenters. The van der Waals surface area contributed by atoms with Gasteiger partial charge in [0.2, 0.25) is 10.4 Å². The number of rotatable bonds is 5. The summed E-state index contributed by atoms with van der Waals surface area (Å²) >= 11 is 0. The van der Waals surface area contributed by atoms with Gasteiger partial charge in [-0.1, -0.05) is 31.4 Å². The monoisotopic (exact) mass is 495 g/mol. The Balaban J connectivity index is 0.000000569. The molecule has 0 atom stereocenters. The number of aryl methyl sites for hydroxylation is 1. The van der Waals surface area contributed by atoms with E-state index in [4.69, 9.17) is 4.74 Å². The first-order valence-corrected chi connectivity index (χ1v) is 14.2. The van der Waals surface area contributed by atoms with Crippen molar-refractivity contribution in [3.05, 3.63) is 53.1 Å². The van der Waals surface area contributed by atoms with Crippen molar-refractivity contribution < 1.29 is 26.7 Å². The molecule has 0 radical (unpaired) electrons. The maximum absolute atomic E-state index is 12.4. The Hall–Kier alpha value is -2.07. The second-order valence-corrected chi connectivity index (χ2v) is 11.5. The Morgan fingerprint density at radius 2 is 1.64 bits per heavy atom. The Bertz CT molecular complexity index is 1030. The van der Waals surface area contributed by atoms with Gasteiger partial charge in [-0.2, -0.15) is 0 Å². The summed E-state index contributed by atoms with van der Waals surface area (Å²) in [7, 11) is -3.49. The first-order chi connectivity index (χ1) is 15.5. The van der Waals surface area contributed by atoms with Gasteiger partial charge in [0, 0.05) is 22.1 Å². The minimum atomic E-state index is -4.41. The average molecular weight is 496 g/mol. The zero-order valence-electron chi connectivity index (χ0n) is 19.8. The molecule has 9 heteroatoms. The van der Waals surface area contributed by atoms with Crippen LogP contribution < -0.4 is 10.1 Å². The van der Waals surface area contributed by atoms with E-state index in [1.807, 2.05) is 32.0 Å². The largest absolute Gasteiger partial charge is 0.726 e. The molecule has 0 spiro atoms. The number of anilines is 1. The van der Waals surface area contributed by atoms with E-state index in [9.17, 15) is 17.8 Å². The molecule has 0 heterocycles. The molecule has 33 heavy (non-hydrogen) atoms. The van der Waals surface area contributed by atoms with Crippen LogP contribution in [0.25, 0.3) is 0 Å². The summed E-state index contributed by atoms with van der Waals surface area (Å²) in [4.78, 5) is 13.6. The second kappa shape index (κ2) is 12.4. The minimum Gasteiger partial charge on any atom is -0.726 e. The van der Waals surface area contributed by atoms with E-state index in [2.05, 4.69) is 40.2 Å². The third-order valence-electron chi connectivity index (χ3n) is 5.54. The molecule has 0 bridgehead atoms. The number of carbonyl (C=O) groups excluding carboxylic acids is 1. The minimum absolute atomic E-state index is 0.119.